The second kappa shape index (κ2) is 7.46. The molecule has 1 saturated heterocycles. The van der Waals surface area contributed by atoms with Gasteiger partial charge in [0, 0.05) is 19.7 Å². The summed E-state index contributed by atoms with van der Waals surface area (Å²) >= 11 is 0. The van der Waals surface area contributed by atoms with Crippen LogP contribution in [0.3, 0.4) is 0 Å². The number of rotatable bonds is 5. The van der Waals surface area contributed by atoms with Gasteiger partial charge >= 0.3 is 0 Å². The molecule has 1 heterocycles. The average molecular weight is 291 g/mol. The van der Waals surface area contributed by atoms with Crippen molar-refractivity contribution >= 4 is 5.91 Å². The monoisotopic (exact) mass is 291 g/mol. The van der Waals surface area contributed by atoms with Crippen molar-refractivity contribution in [1.82, 2.24) is 4.90 Å². The molecular weight excluding hydrogens is 266 g/mol. The van der Waals surface area contributed by atoms with Crippen LogP contribution in [-0.4, -0.2) is 41.7 Å². The lowest BCUT2D eigenvalue weighted by Crippen LogP contribution is -2.41. The van der Waals surface area contributed by atoms with E-state index < -0.39 is 0 Å². The molecule has 0 radical (unpaired) electrons. The van der Waals surface area contributed by atoms with E-state index in [-0.39, 0.29) is 24.5 Å². The van der Waals surface area contributed by atoms with Gasteiger partial charge in [0.05, 0.1) is 12.5 Å². The lowest BCUT2D eigenvalue weighted by molar-refractivity contribution is -0.132. The van der Waals surface area contributed by atoms with Crippen LogP contribution in [-0.2, 0) is 11.2 Å². The Labute approximate surface area is 126 Å². The number of hydrogen-bond acceptors (Lipinski definition) is 3. The van der Waals surface area contributed by atoms with E-state index in [2.05, 4.69) is 0 Å². The maximum absolute atomic E-state index is 12.4. The first-order chi connectivity index (χ1) is 10.1. The largest absolute Gasteiger partial charge is 0.491 e. The fourth-order valence-electron chi connectivity index (χ4n) is 2.73. The zero-order chi connectivity index (χ0) is 15.2. The molecule has 1 aromatic rings. The molecule has 2 rings (SSSR count). The number of nitrogens with zero attached hydrogens (tertiary/aromatic N) is 1. The molecule has 1 aliphatic rings. The minimum atomic E-state index is 0.128. The number of aliphatic hydroxyl groups is 1. The maximum Gasteiger partial charge on any atom is 0.227 e. The van der Waals surface area contributed by atoms with Gasteiger partial charge in [-0.05, 0) is 50.3 Å². The molecule has 0 aromatic heterocycles. The lowest BCUT2D eigenvalue weighted by Gasteiger charge is -2.32. The van der Waals surface area contributed by atoms with Crippen LogP contribution in [0.15, 0.2) is 24.3 Å². The molecule has 1 aliphatic heterocycles. The summed E-state index contributed by atoms with van der Waals surface area (Å²) in [7, 11) is 0. The molecule has 0 aliphatic carbocycles. The summed E-state index contributed by atoms with van der Waals surface area (Å²) in [5.74, 6) is 1.18. The van der Waals surface area contributed by atoms with Gasteiger partial charge in [0.25, 0.3) is 0 Å². The van der Waals surface area contributed by atoms with Crippen molar-refractivity contribution in [2.75, 3.05) is 19.7 Å². The van der Waals surface area contributed by atoms with Gasteiger partial charge in [-0.15, -0.1) is 0 Å². The standard InChI is InChI=1S/C17H25NO3/c1-13(2)21-16-7-3-5-14(9-16)10-17(20)18-8-4-6-15(11-18)12-19/h3,5,7,9,13,15,19H,4,6,8,10-12H2,1-2H3. The Balaban J connectivity index is 1.95. The van der Waals surface area contributed by atoms with E-state index in [4.69, 9.17) is 4.74 Å². The van der Waals surface area contributed by atoms with Crippen LogP contribution < -0.4 is 4.74 Å². The molecular formula is C17H25NO3. The van der Waals surface area contributed by atoms with E-state index in [9.17, 15) is 9.90 Å². The summed E-state index contributed by atoms with van der Waals surface area (Å²) < 4.78 is 5.66. The Morgan fingerprint density at radius 3 is 3.00 bits per heavy atom. The highest BCUT2D eigenvalue weighted by Gasteiger charge is 2.23. The van der Waals surface area contributed by atoms with Crippen LogP contribution in [0.2, 0.25) is 0 Å². The van der Waals surface area contributed by atoms with Gasteiger partial charge < -0.3 is 14.7 Å². The average Bonchev–Trinajstić information content (AvgIpc) is 2.47. The van der Waals surface area contributed by atoms with Gasteiger partial charge in [0.2, 0.25) is 5.91 Å². The molecule has 1 unspecified atom stereocenters. The number of piperidine rings is 1. The van der Waals surface area contributed by atoms with Crippen molar-refractivity contribution in [3.63, 3.8) is 0 Å². The zero-order valence-electron chi connectivity index (χ0n) is 12.9. The van der Waals surface area contributed by atoms with Crippen LogP contribution in [0, 0.1) is 5.92 Å². The Kier molecular flexibility index (Phi) is 5.62. The Morgan fingerprint density at radius 2 is 2.29 bits per heavy atom. The quantitative estimate of drug-likeness (QED) is 0.905. The molecule has 1 atom stereocenters. The van der Waals surface area contributed by atoms with E-state index in [1.165, 1.54) is 0 Å². The maximum atomic E-state index is 12.4. The zero-order valence-corrected chi connectivity index (χ0v) is 12.9. The minimum Gasteiger partial charge on any atom is -0.491 e. The number of aliphatic hydroxyl groups excluding tert-OH is 1. The highest BCUT2D eigenvalue weighted by atomic mass is 16.5. The van der Waals surface area contributed by atoms with Gasteiger partial charge in [0.1, 0.15) is 5.75 Å². The number of hydrogen-bond donors (Lipinski definition) is 1. The lowest BCUT2D eigenvalue weighted by atomic mass is 9.98. The van der Waals surface area contributed by atoms with Crippen LogP contribution in [0.1, 0.15) is 32.3 Å². The van der Waals surface area contributed by atoms with Crippen molar-refractivity contribution in [2.24, 2.45) is 5.92 Å². The molecule has 4 heteroatoms. The van der Waals surface area contributed by atoms with Gasteiger partial charge in [-0.3, -0.25) is 4.79 Å². The molecule has 0 spiro atoms. The van der Waals surface area contributed by atoms with Crippen molar-refractivity contribution in [2.45, 2.75) is 39.2 Å². The highest BCUT2D eigenvalue weighted by Crippen LogP contribution is 2.19. The first-order valence-corrected chi connectivity index (χ1v) is 7.72. The summed E-state index contributed by atoms with van der Waals surface area (Å²) in [5.41, 5.74) is 0.976. The van der Waals surface area contributed by atoms with Crippen LogP contribution in [0.5, 0.6) is 5.75 Å². The molecule has 0 bridgehead atoms. The van der Waals surface area contributed by atoms with Gasteiger partial charge in [0.15, 0.2) is 0 Å². The third kappa shape index (κ3) is 4.74. The van der Waals surface area contributed by atoms with Crippen LogP contribution in [0.25, 0.3) is 0 Å². The molecule has 1 N–H and O–H groups in total. The van der Waals surface area contributed by atoms with Crippen molar-refractivity contribution in [3.05, 3.63) is 29.8 Å². The van der Waals surface area contributed by atoms with Crippen LogP contribution >= 0.6 is 0 Å². The summed E-state index contributed by atoms with van der Waals surface area (Å²) in [5, 5.41) is 9.25. The predicted octanol–water partition coefficient (Wildman–Crippen LogP) is 2.25. The normalized spacial score (nSPS) is 18.9. The van der Waals surface area contributed by atoms with E-state index in [1.807, 2.05) is 43.0 Å². The third-order valence-corrected chi connectivity index (χ3v) is 3.76. The Bertz CT molecular complexity index is 473. The number of carbonyl (C=O) groups is 1. The van der Waals surface area contributed by atoms with Gasteiger partial charge in [-0.25, -0.2) is 0 Å². The summed E-state index contributed by atoms with van der Waals surface area (Å²) in [6.45, 7) is 5.62. The van der Waals surface area contributed by atoms with Gasteiger partial charge in [-0.2, -0.15) is 0 Å². The molecule has 1 aromatic carbocycles. The van der Waals surface area contributed by atoms with E-state index in [0.29, 0.717) is 13.0 Å². The van der Waals surface area contributed by atoms with Crippen molar-refractivity contribution in [3.8, 4) is 5.75 Å². The predicted molar refractivity (Wildman–Crippen MR) is 82.3 cm³/mol. The molecule has 21 heavy (non-hydrogen) atoms. The fraction of sp³-hybridized carbons (Fsp3) is 0.588. The first kappa shape index (κ1) is 15.8. The topological polar surface area (TPSA) is 49.8 Å². The number of benzene rings is 1. The summed E-state index contributed by atoms with van der Waals surface area (Å²) in [6, 6.07) is 7.73. The number of likely N-dealkylation sites (tertiary alicyclic amines) is 1. The smallest absolute Gasteiger partial charge is 0.227 e. The molecule has 4 nitrogen and oxygen atoms in total. The van der Waals surface area contributed by atoms with E-state index in [1.54, 1.807) is 0 Å². The first-order valence-electron chi connectivity index (χ1n) is 7.72. The highest BCUT2D eigenvalue weighted by molar-refractivity contribution is 5.79. The van der Waals surface area contributed by atoms with Gasteiger partial charge in [-0.1, -0.05) is 12.1 Å². The van der Waals surface area contributed by atoms with Crippen LogP contribution in [0.4, 0.5) is 0 Å². The summed E-state index contributed by atoms with van der Waals surface area (Å²) in [4.78, 5) is 14.2. The molecule has 1 amide bonds. The second-order valence-corrected chi connectivity index (χ2v) is 6.02. The molecule has 116 valence electrons. The molecule has 1 fully saturated rings. The SMILES string of the molecule is CC(C)Oc1cccc(CC(=O)N2CCCC(CO)C2)c1. The fourth-order valence-corrected chi connectivity index (χ4v) is 2.73. The number of amides is 1. The Hall–Kier alpha value is -1.55. The van der Waals surface area contributed by atoms with E-state index >= 15 is 0 Å². The molecule has 0 saturated carbocycles. The van der Waals surface area contributed by atoms with Crippen molar-refractivity contribution < 1.29 is 14.6 Å². The van der Waals surface area contributed by atoms with Crippen molar-refractivity contribution in [1.29, 1.82) is 0 Å². The Morgan fingerprint density at radius 1 is 1.48 bits per heavy atom. The number of ether oxygens (including phenoxy) is 1. The second-order valence-electron chi connectivity index (χ2n) is 6.02. The summed E-state index contributed by atoms with van der Waals surface area (Å²) in [6.07, 6.45) is 2.52. The third-order valence-electron chi connectivity index (χ3n) is 3.76. The van der Waals surface area contributed by atoms with E-state index in [0.717, 1.165) is 30.7 Å². The minimum absolute atomic E-state index is 0.128. The number of carbonyl (C=O) groups excluding carboxylic acids is 1.